The van der Waals surface area contributed by atoms with Gasteiger partial charge >= 0.3 is 0 Å². The van der Waals surface area contributed by atoms with Crippen LogP contribution in [0.15, 0.2) is 18.2 Å². The van der Waals surface area contributed by atoms with Gasteiger partial charge in [0.05, 0.1) is 6.10 Å². The summed E-state index contributed by atoms with van der Waals surface area (Å²) in [5.74, 6) is -1.03. The lowest BCUT2D eigenvalue weighted by Crippen LogP contribution is -2.45. The normalized spacial score (nSPS) is 19.4. The highest BCUT2D eigenvalue weighted by atomic mass is 19.2. The van der Waals surface area contributed by atoms with Gasteiger partial charge in [0, 0.05) is 13.2 Å². The van der Waals surface area contributed by atoms with Gasteiger partial charge in [0.15, 0.2) is 11.6 Å². The number of halogens is 2. The van der Waals surface area contributed by atoms with E-state index in [9.17, 15) is 8.78 Å². The second-order valence-electron chi connectivity index (χ2n) is 5.95. The summed E-state index contributed by atoms with van der Waals surface area (Å²) in [6, 6.07) is 4.24. The molecule has 2 unspecified atom stereocenters. The summed E-state index contributed by atoms with van der Waals surface area (Å²) >= 11 is 0. The Labute approximate surface area is 125 Å². The molecule has 1 aliphatic carbocycles. The maximum atomic E-state index is 13.3. The number of likely N-dealkylation sites (N-methyl/N-ethyl adjacent to an activating group) is 1. The predicted octanol–water partition coefficient (Wildman–Crippen LogP) is 3.69. The molecule has 0 aliphatic heterocycles. The van der Waals surface area contributed by atoms with Gasteiger partial charge in [-0.2, -0.15) is 0 Å². The predicted molar refractivity (Wildman–Crippen MR) is 80.3 cm³/mol. The highest BCUT2D eigenvalue weighted by Crippen LogP contribution is 2.30. The van der Waals surface area contributed by atoms with E-state index in [0.717, 1.165) is 5.56 Å². The molecular formula is C17H25F2NO. The Morgan fingerprint density at radius 2 is 1.90 bits per heavy atom. The van der Waals surface area contributed by atoms with Gasteiger partial charge in [-0.3, -0.25) is 0 Å². The fraction of sp³-hybridized carbons (Fsp3) is 0.647. The highest BCUT2D eigenvalue weighted by Gasteiger charge is 2.30. The first-order chi connectivity index (χ1) is 10.2. The Hall–Kier alpha value is -1.00. The summed E-state index contributed by atoms with van der Waals surface area (Å²) in [5, 5.41) is 3.29. The fourth-order valence-electron chi connectivity index (χ4n) is 3.45. The number of methoxy groups -OCH3 is 1. The zero-order valence-electron chi connectivity index (χ0n) is 12.9. The minimum Gasteiger partial charge on any atom is -0.380 e. The van der Waals surface area contributed by atoms with E-state index < -0.39 is 11.6 Å². The molecule has 0 spiro atoms. The molecule has 2 nitrogen and oxygen atoms in total. The van der Waals surface area contributed by atoms with E-state index in [4.69, 9.17) is 4.74 Å². The first-order valence-electron chi connectivity index (χ1n) is 7.79. The average Bonchev–Trinajstić information content (AvgIpc) is 2.51. The largest absolute Gasteiger partial charge is 0.380 e. The first kappa shape index (κ1) is 16.4. The Morgan fingerprint density at radius 1 is 1.19 bits per heavy atom. The Kier molecular flexibility index (Phi) is 6.12. The quantitative estimate of drug-likeness (QED) is 0.864. The highest BCUT2D eigenvalue weighted by molar-refractivity contribution is 5.19. The topological polar surface area (TPSA) is 21.3 Å². The Balaban J connectivity index is 2.07. The summed E-state index contributed by atoms with van der Waals surface area (Å²) in [5.41, 5.74) is 0.797. The lowest BCUT2D eigenvalue weighted by atomic mass is 9.81. The van der Waals surface area contributed by atoms with Gasteiger partial charge < -0.3 is 10.1 Å². The van der Waals surface area contributed by atoms with Crippen molar-refractivity contribution in [3.63, 3.8) is 0 Å². The van der Waals surface area contributed by atoms with Crippen LogP contribution in [0, 0.1) is 17.6 Å². The van der Waals surface area contributed by atoms with Crippen molar-refractivity contribution in [1.82, 2.24) is 5.32 Å². The zero-order valence-corrected chi connectivity index (χ0v) is 12.9. The van der Waals surface area contributed by atoms with Crippen molar-refractivity contribution in [2.45, 2.75) is 50.7 Å². The van der Waals surface area contributed by atoms with Crippen LogP contribution in [-0.2, 0) is 11.2 Å². The third-order valence-electron chi connectivity index (χ3n) is 4.59. The standard InChI is InChI=1S/C17H25F2NO/c1-20-16(11-12-8-9-14(18)15(19)10-12)17(21-2)13-6-4-3-5-7-13/h8-10,13,16-17,20H,3-7,11H2,1-2H3. The van der Waals surface area contributed by atoms with E-state index in [1.807, 2.05) is 7.05 Å². The molecule has 1 fully saturated rings. The van der Waals surface area contributed by atoms with E-state index in [0.29, 0.717) is 12.3 Å². The van der Waals surface area contributed by atoms with Crippen LogP contribution in [0.3, 0.4) is 0 Å². The molecule has 0 bridgehead atoms. The number of benzene rings is 1. The number of hydrogen-bond donors (Lipinski definition) is 1. The molecule has 0 radical (unpaired) electrons. The second-order valence-corrected chi connectivity index (χ2v) is 5.95. The van der Waals surface area contributed by atoms with Crippen LogP contribution in [0.25, 0.3) is 0 Å². The van der Waals surface area contributed by atoms with Crippen LogP contribution < -0.4 is 5.32 Å². The van der Waals surface area contributed by atoms with Crippen LogP contribution in [-0.4, -0.2) is 26.3 Å². The molecule has 2 atom stereocenters. The summed E-state index contributed by atoms with van der Waals surface area (Å²) in [6.45, 7) is 0. The number of ether oxygens (including phenoxy) is 1. The minimum absolute atomic E-state index is 0.114. The lowest BCUT2D eigenvalue weighted by molar-refractivity contribution is 0.0101. The van der Waals surface area contributed by atoms with Crippen LogP contribution >= 0.6 is 0 Å². The summed E-state index contributed by atoms with van der Waals surface area (Å²) in [4.78, 5) is 0. The third kappa shape index (κ3) is 4.24. The third-order valence-corrected chi connectivity index (χ3v) is 4.59. The van der Waals surface area contributed by atoms with Crippen LogP contribution in [0.5, 0.6) is 0 Å². The van der Waals surface area contributed by atoms with Gasteiger partial charge in [0.2, 0.25) is 0 Å². The van der Waals surface area contributed by atoms with Gasteiger partial charge in [-0.15, -0.1) is 0 Å². The molecule has 0 aromatic heterocycles. The minimum atomic E-state index is -0.796. The molecule has 0 saturated heterocycles. The lowest BCUT2D eigenvalue weighted by Gasteiger charge is -2.35. The number of nitrogens with one attached hydrogen (secondary N) is 1. The maximum Gasteiger partial charge on any atom is 0.159 e. The SMILES string of the molecule is CNC(Cc1ccc(F)c(F)c1)C(OC)C1CCCCC1. The van der Waals surface area contributed by atoms with Crippen molar-refractivity contribution in [2.24, 2.45) is 5.92 Å². The second kappa shape index (κ2) is 7.85. The summed E-state index contributed by atoms with van der Waals surface area (Å²) in [7, 11) is 3.65. The van der Waals surface area contributed by atoms with Gasteiger partial charge in [0.1, 0.15) is 0 Å². The van der Waals surface area contributed by atoms with Crippen molar-refractivity contribution in [2.75, 3.05) is 14.2 Å². The molecular weight excluding hydrogens is 272 g/mol. The Bertz CT molecular complexity index is 446. The van der Waals surface area contributed by atoms with Crippen molar-refractivity contribution < 1.29 is 13.5 Å². The molecule has 1 aliphatic rings. The van der Waals surface area contributed by atoms with E-state index in [1.54, 1.807) is 13.2 Å². The van der Waals surface area contributed by atoms with E-state index in [1.165, 1.54) is 44.2 Å². The molecule has 1 aromatic rings. The summed E-state index contributed by atoms with van der Waals surface area (Å²) < 4.78 is 32.1. The van der Waals surface area contributed by atoms with E-state index in [-0.39, 0.29) is 12.1 Å². The maximum absolute atomic E-state index is 13.3. The van der Waals surface area contributed by atoms with Crippen LogP contribution in [0.1, 0.15) is 37.7 Å². The number of hydrogen-bond acceptors (Lipinski definition) is 2. The average molecular weight is 297 g/mol. The van der Waals surface area contributed by atoms with E-state index >= 15 is 0 Å². The van der Waals surface area contributed by atoms with Gasteiger partial charge in [-0.05, 0) is 49.9 Å². The van der Waals surface area contributed by atoms with Crippen LogP contribution in [0.4, 0.5) is 8.78 Å². The molecule has 21 heavy (non-hydrogen) atoms. The first-order valence-corrected chi connectivity index (χ1v) is 7.79. The van der Waals surface area contributed by atoms with Crippen molar-refractivity contribution in [3.05, 3.63) is 35.4 Å². The zero-order chi connectivity index (χ0) is 15.2. The molecule has 0 amide bonds. The molecule has 4 heteroatoms. The van der Waals surface area contributed by atoms with Gasteiger partial charge in [-0.1, -0.05) is 25.3 Å². The van der Waals surface area contributed by atoms with Crippen molar-refractivity contribution >= 4 is 0 Å². The molecule has 118 valence electrons. The molecule has 0 heterocycles. The molecule has 1 saturated carbocycles. The molecule has 1 aromatic carbocycles. The molecule has 2 rings (SSSR count). The van der Waals surface area contributed by atoms with Crippen molar-refractivity contribution in [3.8, 4) is 0 Å². The van der Waals surface area contributed by atoms with Crippen LogP contribution in [0.2, 0.25) is 0 Å². The van der Waals surface area contributed by atoms with Gasteiger partial charge in [-0.25, -0.2) is 8.78 Å². The fourth-order valence-corrected chi connectivity index (χ4v) is 3.45. The monoisotopic (exact) mass is 297 g/mol. The van der Waals surface area contributed by atoms with E-state index in [2.05, 4.69) is 5.32 Å². The Morgan fingerprint density at radius 3 is 2.48 bits per heavy atom. The molecule has 1 N–H and O–H groups in total. The number of rotatable bonds is 6. The van der Waals surface area contributed by atoms with Crippen molar-refractivity contribution in [1.29, 1.82) is 0 Å². The summed E-state index contributed by atoms with van der Waals surface area (Å²) in [6.07, 6.45) is 6.95. The van der Waals surface area contributed by atoms with Gasteiger partial charge in [0.25, 0.3) is 0 Å². The smallest absolute Gasteiger partial charge is 0.159 e.